The van der Waals surface area contributed by atoms with Gasteiger partial charge >= 0.3 is 0 Å². The number of rotatable bonds is 3. The molecule has 0 aromatic heterocycles. The fourth-order valence-corrected chi connectivity index (χ4v) is 3.27. The Balaban J connectivity index is 2.35. The average Bonchev–Trinajstić information content (AvgIpc) is 2.41. The van der Waals surface area contributed by atoms with E-state index >= 15 is 0 Å². The summed E-state index contributed by atoms with van der Waals surface area (Å²) in [7, 11) is 0. The standard InChI is InChI=1S/C14H9Br2F2IO/c15-7-1-4-12(19)9(5-7)13(20)6-8-11(17)3-2-10(16)14(8)18/h1-5,13,20H,6H2. The zero-order chi connectivity index (χ0) is 14.9. The number of halogens is 5. The topological polar surface area (TPSA) is 20.2 Å². The molecule has 20 heavy (non-hydrogen) atoms. The van der Waals surface area contributed by atoms with Crippen LogP contribution < -0.4 is 0 Å². The van der Waals surface area contributed by atoms with Crippen molar-refractivity contribution in [3.05, 3.63) is 65.6 Å². The average molecular weight is 518 g/mol. The van der Waals surface area contributed by atoms with Crippen molar-refractivity contribution in [2.24, 2.45) is 0 Å². The second kappa shape index (κ2) is 6.81. The number of hydrogen-bond donors (Lipinski definition) is 1. The number of aliphatic hydroxyl groups is 1. The van der Waals surface area contributed by atoms with Crippen molar-refractivity contribution in [1.29, 1.82) is 0 Å². The number of benzene rings is 2. The lowest BCUT2D eigenvalue weighted by Crippen LogP contribution is -2.07. The molecular formula is C14H9Br2F2IO. The molecule has 2 rings (SSSR count). The number of aliphatic hydroxyl groups excluding tert-OH is 1. The maximum Gasteiger partial charge on any atom is 0.143 e. The molecule has 106 valence electrons. The Bertz CT molecular complexity index is 649. The first-order valence-corrected chi connectivity index (χ1v) is 8.32. The number of hydrogen-bond acceptors (Lipinski definition) is 1. The third-order valence-corrected chi connectivity index (χ3v) is 4.94. The van der Waals surface area contributed by atoms with Crippen LogP contribution in [-0.2, 0) is 6.42 Å². The molecule has 0 spiro atoms. The van der Waals surface area contributed by atoms with Gasteiger partial charge in [0.2, 0.25) is 0 Å². The molecule has 0 aliphatic carbocycles. The Morgan fingerprint density at radius 2 is 1.85 bits per heavy atom. The highest BCUT2D eigenvalue weighted by Crippen LogP contribution is 2.30. The molecule has 1 atom stereocenters. The minimum atomic E-state index is -0.974. The second-order valence-electron chi connectivity index (χ2n) is 4.21. The van der Waals surface area contributed by atoms with E-state index in [4.69, 9.17) is 0 Å². The van der Waals surface area contributed by atoms with E-state index in [0.717, 1.165) is 8.04 Å². The Hall–Kier alpha value is -0.0500. The minimum Gasteiger partial charge on any atom is -0.388 e. The summed E-state index contributed by atoms with van der Waals surface area (Å²) in [5, 5.41) is 10.2. The van der Waals surface area contributed by atoms with E-state index in [2.05, 4.69) is 54.5 Å². The Kier molecular flexibility index (Phi) is 5.56. The van der Waals surface area contributed by atoms with E-state index < -0.39 is 17.7 Å². The van der Waals surface area contributed by atoms with Crippen LogP contribution in [0.25, 0.3) is 0 Å². The van der Waals surface area contributed by atoms with Crippen molar-refractivity contribution in [1.82, 2.24) is 0 Å². The molecule has 0 saturated heterocycles. The maximum atomic E-state index is 13.9. The van der Waals surface area contributed by atoms with Crippen LogP contribution in [0.3, 0.4) is 0 Å². The monoisotopic (exact) mass is 516 g/mol. The zero-order valence-electron chi connectivity index (χ0n) is 10.0. The SMILES string of the molecule is OC(Cc1c(F)ccc(Br)c1F)c1cc(Br)ccc1I. The molecule has 1 unspecified atom stereocenters. The first-order chi connectivity index (χ1) is 9.40. The Morgan fingerprint density at radius 3 is 2.55 bits per heavy atom. The molecule has 2 aromatic rings. The lowest BCUT2D eigenvalue weighted by Gasteiger charge is -2.15. The van der Waals surface area contributed by atoms with Crippen molar-refractivity contribution < 1.29 is 13.9 Å². The van der Waals surface area contributed by atoms with E-state index in [1.54, 1.807) is 6.07 Å². The summed E-state index contributed by atoms with van der Waals surface area (Å²) in [4.78, 5) is 0. The molecule has 0 radical (unpaired) electrons. The summed E-state index contributed by atoms with van der Waals surface area (Å²) >= 11 is 8.42. The lowest BCUT2D eigenvalue weighted by atomic mass is 10.0. The van der Waals surface area contributed by atoms with Gasteiger partial charge in [-0.15, -0.1) is 0 Å². The first kappa shape index (κ1) is 16.3. The van der Waals surface area contributed by atoms with Crippen molar-refractivity contribution in [3.63, 3.8) is 0 Å². The van der Waals surface area contributed by atoms with Crippen LogP contribution in [0.4, 0.5) is 8.78 Å². The maximum absolute atomic E-state index is 13.9. The quantitative estimate of drug-likeness (QED) is 0.429. The predicted octanol–water partition coefficient (Wildman–Crippen LogP) is 5.37. The van der Waals surface area contributed by atoms with Gasteiger partial charge in [0.15, 0.2) is 0 Å². The Labute approximate surface area is 145 Å². The van der Waals surface area contributed by atoms with E-state index in [1.165, 1.54) is 12.1 Å². The fraction of sp³-hybridized carbons (Fsp3) is 0.143. The van der Waals surface area contributed by atoms with Gasteiger partial charge in [-0.2, -0.15) is 0 Å². The van der Waals surface area contributed by atoms with Crippen LogP contribution in [0.1, 0.15) is 17.2 Å². The Morgan fingerprint density at radius 1 is 1.15 bits per heavy atom. The van der Waals surface area contributed by atoms with Crippen molar-refractivity contribution in [2.75, 3.05) is 0 Å². The first-order valence-electron chi connectivity index (χ1n) is 5.65. The van der Waals surface area contributed by atoms with Gasteiger partial charge in [0.25, 0.3) is 0 Å². The summed E-state index contributed by atoms with van der Waals surface area (Å²) in [5.74, 6) is -1.33. The second-order valence-corrected chi connectivity index (χ2v) is 7.14. The van der Waals surface area contributed by atoms with Gasteiger partial charge in [0.1, 0.15) is 11.6 Å². The normalized spacial score (nSPS) is 12.5. The van der Waals surface area contributed by atoms with Crippen LogP contribution in [-0.4, -0.2) is 5.11 Å². The van der Waals surface area contributed by atoms with Crippen LogP contribution in [0.5, 0.6) is 0 Å². The van der Waals surface area contributed by atoms with Gasteiger partial charge in [-0.3, -0.25) is 0 Å². The van der Waals surface area contributed by atoms with E-state index in [9.17, 15) is 13.9 Å². The third-order valence-electron chi connectivity index (χ3n) is 2.85. The van der Waals surface area contributed by atoms with Crippen LogP contribution in [0, 0.1) is 15.2 Å². The molecule has 2 aromatic carbocycles. The van der Waals surface area contributed by atoms with Gasteiger partial charge in [-0.1, -0.05) is 15.9 Å². The van der Waals surface area contributed by atoms with Crippen molar-refractivity contribution in [3.8, 4) is 0 Å². The molecule has 0 bridgehead atoms. The van der Waals surface area contributed by atoms with Crippen molar-refractivity contribution >= 4 is 54.5 Å². The summed E-state index contributed by atoms with van der Waals surface area (Å²) in [6.45, 7) is 0. The summed E-state index contributed by atoms with van der Waals surface area (Å²) in [6.07, 6.45) is -1.10. The predicted molar refractivity (Wildman–Crippen MR) is 89.6 cm³/mol. The fourth-order valence-electron chi connectivity index (χ4n) is 1.83. The molecule has 0 heterocycles. The molecule has 0 fully saturated rings. The molecule has 0 aliphatic rings. The minimum absolute atomic E-state index is 0.121. The van der Waals surface area contributed by atoms with E-state index in [0.29, 0.717) is 5.56 Å². The molecule has 0 amide bonds. The van der Waals surface area contributed by atoms with Gasteiger partial charge in [-0.05, 0) is 74.4 Å². The zero-order valence-corrected chi connectivity index (χ0v) is 15.3. The van der Waals surface area contributed by atoms with E-state index in [-0.39, 0.29) is 16.5 Å². The largest absolute Gasteiger partial charge is 0.388 e. The summed E-state index contributed by atoms with van der Waals surface area (Å²) < 4.78 is 29.4. The summed E-state index contributed by atoms with van der Waals surface area (Å²) in [6, 6.07) is 7.92. The molecule has 0 saturated carbocycles. The van der Waals surface area contributed by atoms with Crippen LogP contribution >= 0.6 is 54.5 Å². The highest BCUT2D eigenvalue weighted by atomic mass is 127. The van der Waals surface area contributed by atoms with Gasteiger partial charge in [0, 0.05) is 20.0 Å². The summed E-state index contributed by atoms with van der Waals surface area (Å²) in [5.41, 5.74) is 0.515. The lowest BCUT2D eigenvalue weighted by molar-refractivity contribution is 0.174. The van der Waals surface area contributed by atoms with Gasteiger partial charge in [0.05, 0.1) is 10.6 Å². The molecule has 0 aliphatic heterocycles. The smallest absolute Gasteiger partial charge is 0.143 e. The van der Waals surface area contributed by atoms with Gasteiger partial charge in [-0.25, -0.2) is 8.78 Å². The van der Waals surface area contributed by atoms with E-state index in [1.807, 2.05) is 12.1 Å². The van der Waals surface area contributed by atoms with Gasteiger partial charge < -0.3 is 5.11 Å². The molecular weight excluding hydrogens is 509 g/mol. The molecule has 1 N–H and O–H groups in total. The molecule has 1 nitrogen and oxygen atoms in total. The van der Waals surface area contributed by atoms with Crippen molar-refractivity contribution in [2.45, 2.75) is 12.5 Å². The highest BCUT2D eigenvalue weighted by Gasteiger charge is 2.19. The molecule has 6 heteroatoms. The third kappa shape index (κ3) is 3.58. The van der Waals surface area contributed by atoms with Crippen LogP contribution in [0.2, 0.25) is 0 Å². The highest BCUT2D eigenvalue weighted by molar-refractivity contribution is 14.1. The van der Waals surface area contributed by atoms with Crippen LogP contribution in [0.15, 0.2) is 39.3 Å².